The number of aryl methyl sites for hydroxylation is 1. The number of halogens is 1. The molecule has 0 spiro atoms. The fraction of sp³-hybridized carbons (Fsp3) is 0.133. The fourth-order valence-corrected chi connectivity index (χ4v) is 5.59. The van der Waals surface area contributed by atoms with Gasteiger partial charge < -0.3 is 4.90 Å². The van der Waals surface area contributed by atoms with Crippen molar-refractivity contribution >= 4 is 21.8 Å². The number of nitrogens with one attached hydrogen (secondary N) is 1. The highest BCUT2D eigenvalue weighted by Gasteiger charge is 2.22. The van der Waals surface area contributed by atoms with Crippen LogP contribution >= 0.6 is 0 Å². The maximum atomic E-state index is 13.4. The summed E-state index contributed by atoms with van der Waals surface area (Å²) >= 11 is 0. The van der Waals surface area contributed by atoms with E-state index >= 15 is 0 Å². The Balaban J connectivity index is 1.43. The highest BCUT2D eigenvalue weighted by atomic mass is 32.2. The molecule has 0 fully saturated rings. The predicted molar refractivity (Wildman–Crippen MR) is 144 cm³/mol. The summed E-state index contributed by atoms with van der Waals surface area (Å²) in [7, 11) is -3.53. The molecule has 0 atom stereocenters. The van der Waals surface area contributed by atoms with E-state index in [0.717, 1.165) is 33.5 Å². The first-order chi connectivity index (χ1) is 17.4. The fourth-order valence-electron chi connectivity index (χ4n) is 4.46. The molecule has 0 radical (unpaired) electrons. The van der Waals surface area contributed by atoms with Crippen LogP contribution in [0, 0.1) is 5.82 Å². The lowest BCUT2D eigenvalue weighted by molar-refractivity contribution is 0.586. The monoisotopic (exact) mass is 498 g/mol. The lowest BCUT2D eigenvalue weighted by atomic mass is 9.98. The number of hydrogen-bond donors (Lipinski definition) is 1. The van der Waals surface area contributed by atoms with Gasteiger partial charge in [0.1, 0.15) is 5.82 Å². The van der Waals surface area contributed by atoms with E-state index in [9.17, 15) is 12.8 Å². The zero-order chi connectivity index (χ0) is 25.0. The van der Waals surface area contributed by atoms with Crippen LogP contribution in [0.3, 0.4) is 0 Å². The van der Waals surface area contributed by atoms with Crippen molar-refractivity contribution in [1.29, 1.82) is 0 Å². The molecule has 1 heterocycles. The largest absolute Gasteiger partial charge is 0.361 e. The van der Waals surface area contributed by atoms with Crippen molar-refractivity contribution in [2.45, 2.75) is 13.0 Å². The molecule has 1 aliphatic heterocycles. The van der Waals surface area contributed by atoms with Gasteiger partial charge in [0, 0.05) is 23.5 Å². The Labute approximate surface area is 211 Å². The van der Waals surface area contributed by atoms with E-state index in [0.29, 0.717) is 25.2 Å². The molecular formula is C30H27FN2O2S. The van der Waals surface area contributed by atoms with E-state index in [1.165, 1.54) is 12.1 Å². The van der Waals surface area contributed by atoms with Gasteiger partial charge in [-0.05, 0) is 59.0 Å². The Kier molecular flexibility index (Phi) is 6.87. The molecule has 0 bridgehead atoms. The standard InChI is InChI=1S/C30H27FN2O2S/c31-28-14-11-25(12-15-28)26-13-16-30-27(19-26)20-29(22-33(30)21-24-9-5-2-6-10-24)32-36(34,35)18-17-23-7-3-1-4-8-23/h1-16,19-20,32H,17-18,21-22H2. The molecule has 1 aliphatic rings. The minimum atomic E-state index is -3.53. The highest BCUT2D eigenvalue weighted by Crippen LogP contribution is 2.33. The van der Waals surface area contributed by atoms with Gasteiger partial charge in [0.25, 0.3) is 0 Å². The Bertz CT molecular complexity index is 1470. The highest BCUT2D eigenvalue weighted by molar-refractivity contribution is 7.89. The van der Waals surface area contributed by atoms with E-state index in [-0.39, 0.29) is 11.6 Å². The van der Waals surface area contributed by atoms with Gasteiger partial charge in [-0.15, -0.1) is 0 Å². The van der Waals surface area contributed by atoms with Crippen LogP contribution in [0.1, 0.15) is 16.7 Å². The summed E-state index contributed by atoms with van der Waals surface area (Å²) in [6.45, 7) is 1.09. The zero-order valence-electron chi connectivity index (χ0n) is 19.8. The number of benzene rings is 4. The van der Waals surface area contributed by atoms with Crippen LogP contribution in [-0.2, 0) is 23.0 Å². The maximum Gasteiger partial charge on any atom is 0.232 e. The van der Waals surface area contributed by atoms with E-state index < -0.39 is 10.0 Å². The molecule has 4 aromatic carbocycles. The molecule has 5 rings (SSSR count). The molecule has 0 aliphatic carbocycles. The minimum Gasteiger partial charge on any atom is -0.361 e. The average Bonchev–Trinajstić information content (AvgIpc) is 2.89. The van der Waals surface area contributed by atoms with Crippen LogP contribution in [-0.4, -0.2) is 20.7 Å². The third-order valence-electron chi connectivity index (χ3n) is 6.24. The summed E-state index contributed by atoms with van der Waals surface area (Å²) in [6.07, 6.45) is 2.35. The van der Waals surface area contributed by atoms with Gasteiger partial charge in [-0.3, -0.25) is 4.72 Å². The second kappa shape index (κ2) is 10.4. The molecule has 0 saturated heterocycles. The van der Waals surface area contributed by atoms with Crippen LogP contribution < -0.4 is 9.62 Å². The Hall–Kier alpha value is -3.90. The predicted octanol–water partition coefficient (Wildman–Crippen LogP) is 6.02. The lowest BCUT2D eigenvalue weighted by Gasteiger charge is -2.32. The third kappa shape index (κ3) is 5.83. The van der Waals surface area contributed by atoms with Crippen molar-refractivity contribution in [3.05, 3.63) is 131 Å². The average molecular weight is 499 g/mol. The summed E-state index contributed by atoms with van der Waals surface area (Å²) in [6, 6.07) is 32.2. The summed E-state index contributed by atoms with van der Waals surface area (Å²) < 4.78 is 42.2. The van der Waals surface area contributed by atoms with Crippen molar-refractivity contribution < 1.29 is 12.8 Å². The van der Waals surface area contributed by atoms with Gasteiger partial charge in [0.15, 0.2) is 0 Å². The van der Waals surface area contributed by atoms with Gasteiger partial charge in [-0.2, -0.15) is 0 Å². The number of rotatable bonds is 8. The van der Waals surface area contributed by atoms with E-state index in [1.54, 1.807) is 12.1 Å². The summed E-state index contributed by atoms with van der Waals surface area (Å²) in [5.41, 5.74) is 6.54. The Morgan fingerprint density at radius 3 is 2.11 bits per heavy atom. The van der Waals surface area contributed by atoms with Gasteiger partial charge in [-0.25, -0.2) is 12.8 Å². The topological polar surface area (TPSA) is 49.4 Å². The Morgan fingerprint density at radius 1 is 0.778 bits per heavy atom. The van der Waals surface area contributed by atoms with Crippen LogP contribution in [0.4, 0.5) is 10.1 Å². The first-order valence-electron chi connectivity index (χ1n) is 11.9. The van der Waals surface area contributed by atoms with Crippen molar-refractivity contribution in [3.8, 4) is 11.1 Å². The SMILES string of the molecule is O=S(=O)(CCc1ccccc1)NC1=Cc2cc(-c3ccc(F)cc3)ccc2N(Cc2ccccc2)C1. The summed E-state index contributed by atoms with van der Waals surface area (Å²) in [5.74, 6) is -0.270. The van der Waals surface area contributed by atoms with Crippen LogP contribution in [0.25, 0.3) is 17.2 Å². The van der Waals surface area contributed by atoms with Crippen LogP contribution in [0.2, 0.25) is 0 Å². The minimum absolute atomic E-state index is 0.00944. The smallest absolute Gasteiger partial charge is 0.232 e. The first kappa shape index (κ1) is 23.8. The van der Waals surface area contributed by atoms with Crippen molar-refractivity contribution in [2.24, 2.45) is 0 Å². The molecular weight excluding hydrogens is 471 g/mol. The van der Waals surface area contributed by atoms with Gasteiger partial charge in [-0.1, -0.05) is 78.9 Å². The molecule has 0 saturated carbocycles. The van der Waals surface area contributed by atoms with Crippen molar-refractivity contribution in [1.82, 2.24) is 4.72 Å². The van der Waals surface area contributed by atoms with E-state index in [2.05, 4.69) is 21.8 Å². The quantitative estimate of drug-likeness (QED) is 0.323. The number of hydrogen-bond acceptors (Lipinski definition) is 3. The summed E-state index contributed by atoms with van der Waals surface area (Å²) in [5, 5.41) is 0. The Morgan fingerprint density at radius 2 is 1.42 bits per heavy atom. The molecule has 0 aromatic heterocycles. The molecule has 0 amide bonds. The number of sulfonamides is 1. The van der Waals surface area contributed by atoms with Crippen molar-refractivity contribution in [3.63, 3.8) is 0 Å². The van der Waals surface area contributed by atoms with E-state index in [1.807, 2.05) is 72.8 Å². The van der Waals surface area contributed by atoms with E-state index in [4.69, 9.17) is 0 Å². The van der Waals surface area contributed by atoms with Crippen LogP contribution in [0.15, 0.2) is 109 Å². The second-order valence-corrected chi connectivity index (χ2v) is 10.8. The number of anilines is 1. The second-order valence-electron chi connectivity index (χ2n) is 8.95. The normalized spacial score (nSPS) is 13.1. The molecule has 1 N–H and O–H groups in total. The van der Waals surface area contributed by atoms with Gasteiger partial charge in [0.2, 0.25) is 10.0 Å². The molecule has 4 aromatic rings. The molecule has 182 valence electrons. The molecule has 4 nitrogen and oxygen atoms in total. The van der Waals surface area contributed by atoms with Gasteiger partial charge in [0.05, 0.1) is 12.3 Å². The van der Waals surface area contributed by atoms with Crippen molar-refractivity contribution in [2.75, 3.05) is 17.2 Å². The first-order valence-corrected chi connectivity index (χ1v) is 13.5. The molecule has 36 heavy (non-hydrogen) atoms. The summed E-state index contributed by atoms with van der Waals surface area (Å²) in [4.78, 5) is 2.17. The lowest BCUT2D eigenvalue weighted by Crippen LogP contribution is -2.36. The molecule has 6 heteroatoms. The third-order valence-corrected chi connectivity index (χ3v) is 7.56. The molecule has 0 unspecified atom stereocenters. The number of fused-ring (bicyclic) bond motifs is 1. The number of nitrogens with zero attached hydrogens (tertiary/aromatic N) is 1. The van der Waals surface area contributed by atoms with Crippen LogP contribution in [0.5, 0.6) is 0 Å². The maximum absolute atomic E-state index is 13.4. The zero-order valence-corrected chi connectivity index (χ0v) is 20.6. The van der Waals surface area contributed by atoms with Gasteiger partial charge >= 0.3 is 0 Å².